The molecule has 3 heterocycles. The number of fused-ring (bicyclic) bond motifs is 2. The SMILES string of the molecule is CCOC(=O)CC(C=CCCCCc1ccc2c(n1)NCCC2)c1cnc2ccccc2c1. The number of carbonyl (C=O) groups is 1. The van der Waals surface area contributed by atoms with Crippen molar-refractivity contribution >= 4 is 22.7 Å². The first-order chi connectivity index (χ1) is 16.2. The van der Waals surface area contributed by atoms with Gasteiger partial charge >= 0.3 is 5.97 Å². The van der Waals surface area contributed by atoms with Crippen molar-refractivity contribution in [2.24, 2.45) is 0 Å². The highest BCUT2D eigenvalue weighted by Gasteiger charge is 2.15. The second-order valence-corrected chi connectivity index (χ2v) is 8.59. The minimum atomic E-state index is -0.174. The van der Waals surface area contributed by atoms with E-state index in [0.717, 1.165) is 66.6 Å². The summed E-state index contributed by atoms with van der Waals surface area (Å²) < 4.78 is 5.21. The highest BCUT2D eigenvalue weighted by molar-refractivity contribution is 5.79. The summed E-state index contributed by atoms with van der Waals surface area (Å²) in [5.74, 6) is 0.867. The molecule has 33 heavy (non-hydrogen) atoms. The molecule has 0 radical (unpaired) electrons. The van der Waals surface area contributed by atoms with E-state index in [-0.39, 0.29) is 11.9 Å². The molecule has 0 amide bonds. The van der Waals surface area contributed by atoms with Crippen LogP contribution < -0.4 is 5.32 Å². The monoisotopic (exact) mass is 443 g/mol. The Bertz CT molecular complexity index is 1110. The Morgan fingerprint density at radius 1 is 1.21 bits per heavy atom. The van der Waals surface area contributed by atoms with Gasteiger partial charge in [-0.15, -0.1) is 0 Å². The molecule has 1 unspecified atom stereocenters. The molecular weight excluding hydrogens is 410 g/mol. The smallest absolute Gasteiger partial charge is 0.306 e. The van der Waals surface area contributed by atoms with Crippen LogP contribution in [0.25, 0.3) is 10.9 Å². The van der Waals surface area contributed by atoms with Gasteiger partial charge < -0.3 is 10.1 Å². The van der Waals surface area contributed by atoms with E-state index < -0.39 is 0 Å². The molecule has 0 fully saturated rings. The Hall–Kier alpha value is -3.21. The Labute approximate surface area is 196 Å². The number of allylic oxidation sites excluding steroid dienone is 2. The first-order valence-corrected chi connectivity index (χ1v) is 12.1. The number of para-hydroxylation sites is 1. The Morgan fingerprint density at radius 2 is 2.12 bits per heavy atom. The molecule has 0 saturated heterocycles. The van der Waals surface area contributed by atoms with Crippen molar-refractivity contribution in [3.63, 3.8) is 0 Å². The van der Waals surface area contributed by atoms with Crippen LogP contribution in [0, 0.1) is 0 Å². The molecule has 0 aliphatic carbocycles. The Morgan fingerprint density at radius 3 is 3.03 bits per heavy atom. The second kappa shape index (κ2) is 11.6. The fourth-order valence-corrected chi connectivity index (χ4v) is 4.32. The lowest BCUT2D eigenvalue weighted by Gasteiger charge is -2.17. The number of hydrogen-bond acceptors (Lipinski definition) is 5. The summed E-state index contributed by atoms with van der Waals surface area (Å²) in [5, 5.41) is 4.50. The Balaban J connectivity index is 1.33. The van der Waals surface area contributed by atoms with Gasteiger partial charge in [0, 0.05) is 29.7 Å². The Kier molecular flexibility index (Phi) is 8.07. The third kappa shape index (κ3) is 6.41. The summed E-state index contributed by atoms with van der Waals surface area (Å²) in [6.07, 6.45) is 13.0. The number of esters is 1. The van der Waals surface area contributed by atoms with Crippen LogP contribution in [0.4, 0.5) is 5.82 Å². The first-order valence-electron chi connectivity index (χ1n) is 12.1. The van der Waals surface area contributed by atoms with Crippen molar-refractivity contribution in [3.05, 3.63) is 77.6 Å². The zero-order valence-corrected chi connectivity index (χ0v) is 19.4. The zero-order valence-electron chi connectivity index (χ0n) is 19.4. The van der Waals surface area contributed by atoms with Crippen LogP contribution in [0.15, 0.2) is 60.8 Å². The number of hydrogen-bond donors (Lipinski definition) is 1. The number of unbranched alkanes of at least 4 members (excludes halogenated alkanes) is 2. The van der Waals surface area contributed by atoms with E-state index >= 15 is 0 Å². The number of nitrogens with one attached hydrogen (secondary N) is 1. The number of aryl methyl sites for hydroxylation is 2. The third-order valence-electron chi connectivity index (χ3n) is 6.11. The zero-order chi connectivity index (χ0) is 22.9. The van der Waals surface area contributed by atoms with E-state index in [1.54, 1.807) is 0 Å². The quantitative estimate of drug-likeness (QED) is 0.237. The standard InChI is InChI=1S/C28H33N3O2/c1-2-33-27(32)19-22(24-18-23-11-7-8-14-26(23)30-20-24)10-5-3-4-6-13-25-16-15-21-12-9-17-29-28(21)31-25/h5,7-8,10-11,14-16,18,20,22H,2-4,6,9,12-13,17,19H2,1H3,(H,29,31). The summed E-state index contributed by atoms with van der Waals surface area (Å²) in [6, 6.07) is 14.6. The van der Waals surface area contributed by atoms with Crippen molar-refractivity contribution < 1.29 is 9.53 Å². The minimum absolute atomic E-state index is 0.0328. The van der Waals surface area contributed by atoms with Crippen molar-refractivity contribution in [1.82, 2.24) is 9.97 Å². The van der Waals surface area contributed by atoms with Gasteiger partial charge in [-0.2, -0.15) is 0 Å². The van der Waals surface area contributed by atoms with E-state index in [9.17, 15) is 4.79 Å². The summed E-state index contributed by atoms with van der Waals surface area (Å²) in [6.45, 7) is 3.26. The summed E-state index contributed by atoms with van der Waals surface area (Å²) in [7, 11) is 0. The number of benzene rings is 1. The second-order valence-electron chi connectivity index (χ2n) is 8.59. The molecule has 0 spiro atoms. The number of rotatable bonds is 10. The molecule has 172 valence electrons. The maximum atomic E-state index is 12.2. The van der Waals surface area contributed by atoms with Crippen molar-refractivity contribution in [1.29, 1.82) is 0 Å². The normalized spacial score (nSPS) is 14.1. The molecule has 0 saturated carbocycles. The van der Waals surface area contributed by atoms with Crippen LogP contribution in [0.2, 0.25) is 0 Å². The van der Waals surface area contributed by atoms with Gasteiger partial charge in [-0.1, -0.05) is 36.4 Å². The van der Waals surface area contributed by atoms with E-state index in [1.807, 2.05) is 31.3 Å². The van der Waals surface area contributed by atoms with Crippen LogP contribution in [0.3, 0.4) is 0 Å². The minimum Gasteiger partial charge on any atom is -0.466 e. The van der Waals surface area contributed by atoms with Crippen LogP contribution in [0.1, 0.15) is 61.8 Å². The van der Waals surface area contributed by atoms with Crippen LogP contribution in [-0.4, -0.2) is 29.1 Å². The summed E-state index contributed by atoms with van der Waals surface area (Å²) in [4.78, 5) is 21.6. The van der Waals surface area contributed by atoms with Crippen molar-refractivity contribution in [2.75, 3.05) is 18.5 Å². The fraction of sp³-hybridized carbons (Fsp3) is 0.393. The number of aromatic nitrogens is 2. The lowest BCUT2D eigenvalue weighted by Crippen LogP contribution is -2.13. The molecule has 2 aromatic heterocycles. The van der Waals surface area contributed by atoms with Crippen LogP contribution in [0.5, 0.6) is 0 Å². The average Bonchev–Trinajstić information content (AvgIpc) is 2.85. The fourth-order valence-electron chi connectivity index (χ4n) is 4.32. The van der Waals surface area contributed by atoms with Crippen LogP contribution in [-0.2, 0) is 22.4 Å². The number of pyridine rings is 2. The molecule has 1 aliphatic heterocycles. The molecule has 5 heteroatoms. The average molecular weight is 444 g/mol. The topological polar surface area (TPSA) is 64.1 Å². The van der Waals surface area contributed by atoms with Gasteiger partial charge in [-0.25, -0.2) is 4.98 Å². The maximum absolute atomic E-state index is 12.2. The highest BCUT2D eigenvalue weighted by atomic mass is 16.5. The van der Waals surface area contributed by atoms with E-state index in [0.29, 0.717) is 13.0 Å². The van der Waals surface area contributed by atoms with Gasteiger partial charge in [0.1, 0.15) is 5.82 Å². The van der Waals surface area contributed by atoms with Gasteiger partial charge in [0.15, 0.2) is 0 Å². The summed E-state index contributed by atoms with van der Waals surface area (Å²) in [5.41, 5.74) is 4.51. The number of carbonyl (C=O) groups excluding carboxylic acids is 1. The third-order valence-corrected chi connectivity index (χ3v) is 6.11. The van der Waals surface area contributed by atoms with E-state index in [1.165, 1.54) is 12.0 Å². The number of nitrogens with zero attached hydrogens (tertiary/aromatic N) is 2. The molecule has 4 rings (SSSR count). The molecule has 5 nitrogen and oxygen atoms in total. The molecule has 1 aliphatic rings. The summed E-state index contributed by atoms with van der Waals surface area (Å²) >= 11 is 0. The van der Waals surface area contributed by atoms with Gasteiger partial charge in [0.05, 0.1) is 18.5 Å². The largest absolute Gasteiger partial charge is 0.466 e. The van der Waals surface area contributed by atoms with Gasteiger partial charge in [0.2, 0.25) is 0 Å². The molecular formula is C28H33N3O2. The molecule has 3 aromatic rings. The number of anilines is 1. The molecule has 1 N–H and O–H groups in total. The first kappa shape index (κ1) is 23.0. The highest BCUT2D eigenvalue weighted by Crippen LogP contribution is 2.25. The maximum Gasteiger partial charge on any atom is 0.306 e. The van der Waals surface area contributed by atoms with Crippen LogP contribution >= 0.6 is 0 Å². The van der Waals surface area contributed by atoms with Crippen molar-refractivity contribution in [2.45, 2.75) is 57.8 Å². The van der Waals surface area contributed by atoms with E-state index in [2.05, 4.69) is 46.7 Å². The van der Waals surface area contributed by atoms with Gasteiger partial charge in [-0.05, 0) is 74.8 Å². The van der Waals surface area contributed by atoms with E-state index in [4.69, 9.17) is 9.72 Å². The van der Waals surface area contributed by atoms with Crippen molar-refractivity contribution in [3.8, 4) is 0 Å². The van der Waals surface area contributed by atoms with Gasteiger partial charge in [0.25, 0.3) is 0 Å². The van der Waals surface area contributed by atoms with Gasteiger partial charge in [-0.3, -0.25) is 9.78 Å². The number of ether oxygens (including phenoxy) is 1. The molecule has 1 atom stereocenters. The predicted molar refractivity (Wildman–Crippen MR) is 133 cm³/mol. The lowest BCUT2D eigenvalue weighted by molar-refractivity contribution is -0.143. The molecule has 0 bridgehead atoms. The lowest BCUT2D eigenvalue weighted by atomic mass is 9.95. The predicted octanol–water partition coefficient (Wildman–Crippen LogP) is 5.99. The molecule has 1 aromatic carbocycles.